The third-order valence-corrected chi connectivity index (χ3v) is 6.30. The number of hydrogen-bond donors (Lipinski definition) is 1. The van der Waals surface area contributed by atoms with Crippen molar-refractivity contribution in [2.75, 3.05) is 61.2 Å². The smallest absolute Gasteiger partial charge is 0.438 e. The first-order chi connectivity index (χ1) is 16.1. The summed E-state index contributed by atoms with van der Waals surface area (Å²) in [6, 6.07) is 0. The summed E-state index contributed by atoms with van der Waals surface area (Å²) < 4.78 is 37.8. The average Bonchev–Trinajstić information content (AvgIpc) is 2.76. The number of hydrogen-bond acceptors (Lipinski definition) is 7. The summed E-state index contributed by atoms with van der Waals surface area (Å²) in [5.41, 5.74) is 0. The Kier molecular flexibility index (Phi) is 20.1. The summed E-state index contributed by atoms with van der Waals surface area (Å²) in [5, 5.41) is 0. The highest BCUT2D eigenvalue weighted by Crippen LogP contribution is 2.43. The van der Waals surface area contributed by atoms with Crippen molar-refractivity contribution in [3.63, 3.8) is 0 Å². The maximum atomic E-state index is 12.1. The Morgan fingerprint density at radius 2 is 1.35 bits per heavy atom. The van der Waals surface area contributed by atoms with E-state index in [1.54, 1.807) is 0 Å². The molecule has 34 heavy (non-hydrogen) atoms. The van der Waals surface area contributed by atoms with Gasteiger partial charge in [0.15, 0.2) is 6.10 Å². The third kappa shape index (κ3) is 23.1. The quantitative estimate of drug-likeness (QED) is 0.0806. The fourth-order valence-electron chi connectivity index (χ4n) is 3.20. The van der Waals surface area contributed by atoms with Crippen LogP contribution >= 0.6 is 7.82 Å². The molecule has 0 fully saturated rings. The average molecular weight is 513 g/mol. The van der Waals surface area contributed by atoms with E-state index >= 15 is 0 Å². The molecule has 0 aliphatic carbocycles. The van der Waals surface area contributed by atoms with Crippen LogP contribution in [0.3, 0.4) is 0 Å². The minimum Gasteiger partial charge on any atom is -0.438 e. The summed E-state index contributed by atoms with van der Waals surface area (Å²) in [4.78, 5) is 21.3. The summed E-state index contributed by atoms with van der Waals surface area (Å²) in [5.74, 6) is 0. The number of likely N-dealkylation sites (N-methyl/N-ethyl adjacent to an activating group) is 1. The van der Waals surface area contributed by atoms with E-state index < -0.39 is 20.1 Å². The van der Waals surface area contributed by atoms with E-state index in [-0.39, 0.29) is 19.8 Å². The second-order valence-electron chi connectivity index (χ2n) is 9.77. The van der Waals surface area contributed by atoms with Crippen molar-refractivity contribution in [3.8, 4) is 0 Å². The molecule has 0 amide bonds. The molecular formula is C24H51NO8P+. The normalized spacial score (nSPS) is 14.5. The minimum absolute atomic E-state index is 0.0476. The van der Waals surface area contributed by atoms with Crippen molar-refractivity contribution in [3.05, 3.63) is 0 Å². The van der Waals surface area contributed by atoms with Gasteiger partial charge in [0.25, 0.3) is 0 Å². The molecule has 9 nitrogen and oxygen atoms in total. The predicted molar refractivity (Wildman–Crippen MR) is 134 cm³/mol. The third-order valence-electron chi connectivity index (χ3n) is 5.32. The van der Waals surface area contributed by atoms with E-state index in [9.17, 15) is 14.3 Å². The topological polar surface area (TPSA) is 101 Å². The van der Waals surface area contributed by atoms with Crippen LogP contribution in [0.1, 0.15) is 84.0 Å². The Balaban J connectivity index is 3.96. The van der Waals surface area contributed by atoms with Crippen molar-refractivity contribution in [1.82, 2.24) is 0 Å². The molecule has 0 spiro atoms. The number of nitrogens with zero attached hydrogens (tertiary/aromatic N) is 1. The van der Waals surface area contributed by atoms with Gasteiger partial charge in [0, 0.05) is 6.61 Å². The number of carbonyl (C=O) groups is 1. The van der Waals surface area contributed by atoms with Gasteiger partial charge >= 0.3 is 14.0 Å². The molecule has 204 valence electrons. The summed E-state index contributed by atoms with van der Waals surface area (Å²) in [6.07, 6.45) is 13.4. The number of rotatable bonds is 23. The van der Waals surface area contributed by atoms with E-state index in [2.05, 4.69) is 11.7 Å². The van der Waals surface area contributed by atoms with Gasteiger partial charge in [-0.1, -0.05) is 77.6 Å². The van der Waals surface area contributed by atoms with Crippen LogP contribution in [0, 0.1) is 0 Å². The number of methoxy groups -OCH3 is 1. The van der Waals surface area contributed by atoms with Crippen molar-refractivity contribution in [2.24, 2.45) is 0 Å². The number of phosphoric acid groups is 1. The Hall–Kier alpha value is -0.700. The molecule has 0 aliphatic heterocycles. The summed E-state index contributed by atoms with van der Waals surface area (Å²) >= 11 is 0. The Labute approximate surface area is 207 Å². The molecule has 0 rings (SSSR count). The van der Waals surface area contributed by atoms with Crippen LogP contribution in [0.15, 0.2) is 0 Å². The molecule has 0 aromatic heterocycles. The Bertz CT molecular complexity index is 542. The standard InChI is InChI=1S/C24H50NO8P/c1-6-7-8-9-10-11-12-13-14-15-16-17-19-30-21-23(33-24(26)29-5)22-32-34(27,28)31-20-18-25(2,3)4/h23H,6-22H2,1-5H3/p+1. The first-order valence-electron chi connectivity index (χ1n) is 12.8. The Morgan fingerprint density at radius 1 is 0.824 bits per heavy atom. The lowest BCUT2D eigenvalue weighted by Crippen LogP contribution is -2.37. The molecule has 0 aromatic carbocycles. The molecule has 0 bridgehead atoms. The summed E-state index contributed by atoms with van der Waals surface area (Å²) in [7, 11) is 2.77. The van der Waals surface area contributed by atoms with Gasteiger partial charge in [-0.25, -0.2) is 9.36 Å². The van der Waals surface area contributed by atoms with Gasteiger partial charge in [-0.3, -0.25) is 9.05 Å². The maximum absolute atomic E-state index is 12.1. The Morgan fingerprint density at radius 3 is 1.85 bits per heavy atom. The fraction of sp³-hybridized carbons (Fsp3) is 0.958. The number of unbranched alkanes of at least 4 members (excludes halogenated alkanes) is 11. The second-order valence-corrected chi connectivity index (χ2v) is 11.2. The van der Waals surface area contributed by atoms with Crippen LogP contribution in [-0.4, -0.2) is 82.9 Å². The lowest BCUT2D eigenvalue weighted by atomic mass is 10.1. The van der Waals surface area contributed by atoms with Crippen LogP contribution in [0.25, 0.3) is 0 Å². The lowest BCUT2D eigenvalue weighted by Gasteiger charge is -2.24. The highest BCUT2D eigenvalue weighted by atomic mass is 31.2. The van der Waals surface area contributed by atoms with E-state index in [1.807, 2.05) is 21.1 Å². The molecule has 0 aromatic rings. The van der Waals surface area contributed by atoms with Crippen LogP contribution in [-0.2, 0) is 27.8 Å². The van der Waals surface area contributed by atoms with Gasteiger partial charge in [0.2, 0.25) is 0 Å². The van der Waals surface area contributed by atoms with E-state index in [0.717, 1.165) is 12.8 Å². The number of ether oxygens (including phenoxy) is 3. The van der Waals surface area contributed by atoms with E-state index in [4.69, 9.17) is 18.5 Å². The number of carbonyl (C=O) groups excluding carboxylic acids is 1. The van der Waals surface area contributed by atoms with Gasteiger partial charge in [0.1, 0.15) is 13.2 Å². The number of phosphoric ester groups is 1. The zero-order valence-corrected chi connectivity index (χ0v) is 23.2. The SMILES string of the molecule is CCCCCCCCCCCCCCOCC(COP(=O)(O)OCC[N+](C)(C)C)OC(=O)OC. The predicted octanol–water partition coefficient (Wildman–Crippen LogP) is 5.70. The van der Waals surface area contributed by atoms with Gasteiger partial charge in [-0.05, 0) is 6.42 Å². The van der Waals surface area contributed by atoms with Crippen molar-refractivity contribution < 1.29 is 42.0 Å². The molecule has 0 saturated carbocycles. The fourth-order valence-corrected chi connectivity index (χ4v) is 3.95. The van der Waals surface area contributed by atoms with Gasteiger partial charge < -0.3 is 23.6 Å². The molecule has 2 unspecified atom stereocenters. The van der Waals surface area contributed by atoms with E-state index in [1.165, 1.54) is 71.3 Å². The lowest BCUT2D eigenvalue weighted by molar-refractivity contribution is -0.870. The zero-order valence-electron chi connectivity index (χ0n) is 22.3. The molecule has 10 heteroatoms. The second kappa shape index (κ2) is 20.5. The van der Waals surface area contributed by atoms with Crippen molar-refractivity contribution >= 4 is 14.0 Å². The van der Waals surface area contributed by atoms with Crippen LogP contribution < -0.4 is 0 Å². The van der Waals surface area contributed by atoms with Crippen molar-refractivity contribution in [1.29, 1.82) is 0 Å². The highest BCUT2D eigenvalue weighted by molar-refractivity contribution is 7.47. The van der Waals surface area contributed by atoms with Gasteiger partial charge in [-0.15, -0.1) is 0 Å². The molecule has 0 heterocycles. The van der Waals surface area contributed by atoms with E-state index in [0.29, 0.717) is 17.6 Å². The first-order valence-corrected chi connectivity index (χ1v) is 14.3. The van der Waals surface area contributed by atoms with Crippen molar-refractivity contribution in [2.45, 2.75) is 90.1 Å². The maximum Gasteiger partial charge on any atom is 0.508 e. The molecule has 1 N–H and O–H groups in total. The monoisotopic (exact) mass is 512 g/mol. The van der Waals surface area contributed by atoms with Gasteiger partial charge in [-0.2, -0.15) is 0 Å². The molecule has 0 aliphatic rings. The largest absolute Gasteiger partial charge is 0.508 e. The van der Waals surface area contributed by atoms with Gasteiger partial charge in [0.05, 0.1) is 41.5 Å². The number of quaternary nitrogens is 1. The molecule has 0 radical (unpaired) electrons. The minimum atomic E-state index is -4.26. The molecular weight excluding hydrogens is 461 g/mol. The summed E-state index contributed by atoms with van der Waals surface area (Å²) in [6.45, 7) is 3.09. The molecule has 2 atom stereocenters. The van der Waals surface area contributed by atoms with Crippen LogP contribution in [0.5, 0.6) is 0 Å². The van der Waals surface area contributed by atoms with Crippen LogP contribution in [0.4, 0.5) is 4.79 Å². The zero-order chi connectivity index (χ0) is 25.7. The molecule has 0 saturated heterocycles. The van der Waals surface area contributed by atoms with Crippen LogP contribution in [0.2, 0.25) is 0 Å². The highest BCUT2D eigenvalue weighted by Gasteiger charge is 2.26. The first kappa shape index (κ1) is 33.3.